The number of pyridine rings is 2. The van der Waals surface area contributed by atoms with Crippen LogP contribution in [0, 0.1) is 0 Å². The van der Waals surface area contributed by atoms with Gasteiger partial charge in [0, 0.05) is 22.8 Å². The Morgan fingerprint density at radius 1 is 0.880 bits per heavy atom. The highest BCUT2D eigenvalue weighted by Gasteiger charge is 2.21. The molecule has 2 N–H and O–H groups in total. The number of hydrogen-bond acceptors (Lipinski definition) is 5. The van der Waals surface area contributed by atoms with Crippen molar-refractivity contribution in [1.82, 2.24) is 9.97 Å². The third-order valence-corrected chi connectivity index (χ3v) is 4.23. The molecule has 124 valence electrons. The van der Waals surface area contributed by atoms with Gasteiger partial charge in [0.25, 0.3) is 0 Å². The van der Waals surface area contributed by atoms with Crippen LogP contribution in [0.4, 0.5) is 5.69 Å². The Kier molecular flexibility index (Phi) is 3.61. The van der Waals surface area contributed by atoms with E-state index in [-0.39, 0.29) is 0 Å². The molecule has 0 saturated carbocycles. The zero-order chi connectivity index (χ0) is 17.4. The van der Waals surface area contributed by atoms with Crippen molar-refractivity contribution < 1.29 is 9.47 Å². The van der Waals surface area contributed by atoms with E-state index in [2.05, 4.69) is 4.98 Å². The molecule has 25 heavy (non-hydrogen) atoms. The lowest BCUT2D eigenvalue weighted by atomic mass is 10.0. The lowest BCUT2D eigenvalue weighted by molar-refractivity contribution is 0.358. The van der Waals surface area contributed by atoms with E-state index in [9.17, 15) is 0 Å². The molecule has 2 heterocycles. The van der Waals surface area contributed by atoms with Gasteiger partial charge in [0.05, 0.1) is 25.1 Å². The van der Waals surface area contributed by atoms with Gasteiger partial charge in [-0.1, -0.05) is 36.4 Å². The van der Waals surface area contributed by atoms with Crippen molar-refractivity contribution in [1.29, 1.82) is 0 Å². The number of fused-ring (bicyclic) bond motifs is 3. The van der Waals surface area contributed by atoms with Crippen molar-refractivity contribution in [3.8, 4) is 22.8 Å². The highest BCUT2D eigenvalue weighted by Crippen LogP contribution is 2.45. The fourth-order valence-corrected chi connectivity index (χ4v) is 3.13. The van der Waals surface area contributed by atoms with E-state index in [1.54, 1.807) is 20.4 Å². The molecule has 0 atom stereocenters. The Morgan fingerprint density at radius 2 is 1.64 bits per heavy atom. The first kappa shape index (κ1) is 15.2. The molecule has 0 bridgehead atoms. The number of nitrogens with two attached hydrogens (primary N) is 1. The van der Waals surface area contributed by atoms with Gasteiger partial charge in [0.15, 0.2) is 11.5 Å². The number of aromatic nitrogens is 2. The van der Waals surface area contributed by atoms with Gasteiger partial charge in [0.1, 0.15) is 11.2 Å². The van der Waals surface area contributed by atoms with Crippen molar-refractivity contribution >= 4 is 27.5 Å². The summed E-state index contributed by atoms with van der Waals surface area (Å²) in [5.74, 6) is 1.12. The Bertz CT molecular complexity index is 1080. The van der Waals surface area contributed by atoms with Crippen LogP contribution in [0.5, 0.6) is 11.5 Å². The van der Waals surface area contributed by atoms with E-state index >= 15 is 0 Å². The van der Waals surface area contributed by atoms with Crippen LogP contribution in [0.3, 0.4) is 0 Å². The van der Waals surface area contributed by atoms with Crippen molar-refractivity contribution in [2.24, 2.45) is 0 Å². The van der Waals surface area contributed by atoms with E-state index in [1.165, 1.54) is 0 Å². The minimum atomic E-state index is 0.559. The van der Waals surface area contributed by atoms with Crippen molar-refractivity contribution in [2.45, 2.75) is 0 Å². The fraction of sp³-hybridized carbons (Fsp3) is 0.100. The van der Waals surface area contributed by atoms with Gasteiger partial charge in [-0.15, -0.1) is 0 Å². The lowest BCUT2D eigenvalue weighted by Gasteiger charge is -2.17. The van der Waals surface area contributed by atoms with Gasteiger partial charge in [-0.05, 0) is 12.1 Å². The minimum absolute atomic E-state index is 0.559. The number of nitrogen functional groups attached to an aromatic ring is 1. The van der Waals surface area contributed by atoms with E-state index in [1.807, 2.05) is 48.5 Å². The molecular weight excluding hydrogens is 314 g/mol. The molecule has 0 aliphatic carbocycles. The Hall–Kier alpha value is -3.34. The lowest BCUT2D eigenvalue weighted by Crippen LogP contribution is -2.01. The topological polar surface area (TPSA) is 70.3 Å². The highest BCUT2D eigenvalue weighted by molar-refractivity contribution is 6.12. The normalized spacial score (nSPS) is 11.0. The third-order valence-electron chi connectivity index (χ3n) is 4.23. The van der Waals surface area contributed by atoms with Crippen LogP contribution in [0.25, 0.3) is 33.1 Å². The van der Waals surface area contributed by atoms with Crippen LogP contribution >= 0.6 is 0 Å². The molecule has 4 aromatic rings. The average Bonchev–Trinajstić information content (AvgIpc) is 2.67. The first-order valence-corrected chi connectivity index (χ1v) is 7.89. The number of ether oxygens (including phenoxy) is 2. The van der Waals surface area contributed by atoms with E-state index in [0.717, 1.165) is 16.5 Å². The molecule has 5 heteroatoms. The van der Waals surface area contributed by atoms with E-state index in [4.69, 9.17) is 20.2 Å². The molecule has 2 aromatic carbocycles. The number of benzene rings is 2. The summed E-state index contributed by atoms with van der Waals surface area (Å²) in [6.45, 7) is 0. The van der Waals surface area contributed by atoms with Crippen molar-refractivity contribution in [3.63, 3.8) is 0 Å². The maximum absolute atomic E-state index is 6.31. The summed E-state index contributed by atoms with van der Waals surface area (Å²) in [6, 6.07) is 15.6. The molecule has 2 aromatic heterocycles. The van der Waals surface area contributed by atoms with E-state index in [0.29, 0.717) is 33.8 Å². The summed E-state index contributed by atoms with van der Waals surface area (Å²) < 4.78 is 11.3. The molecule has 0 aliphatic heterocycles. The molecular formula is C20H17N3O2. The second-order valence-electron chi connectivity index (χ2n) is 5.66. The summed E-state index contributed by atoms with van der Waals surface area (Å²) in [4.78, 5) is 9.37. The predicted molar refractivity (Wildman–Crippen MR) is 100.0 cm³/mol. The smallest absolute Gasteiger partial charge is 0.187 e. The fourth-order valence-electron chi connectivity index (χ4n) is 3.13. The van der Waals surface area contributed by atoms with Gasteiger partial charge >= 0.3 is 0 Å². The zero-order valence-electron chi connectivity index (χ0n) is 14.0. The molecule has 0 spiro atoms. The Morgan fingerprint density at radius 3 is 2.36 bits per heavy atom. The molecule has 0 amide bonds. The van der Waals surface area contributed by atoms with Gasteiger partial charge in [-0.25, -0.2) is 4.98 Å². The molecule has 4 rings (SSSR count). The van der Waals surface area contributed by atoms with Crippen LogP contribution in [0.2, 0.25) is 0 Å². The molecule has 0 unspecified atom stereocenters. The summed E-state index contributed by atoms with van der Waals surface area (Å²) in [6.07, 6.45) is 1.75. The summed E-state index contributed by atoms with van der Waals surface area (Å²) in [5.41, 5.74) is 10.0. The van der Waals surface area contributed by atoms with Gasteiger partial charge in [0.2, 0.25) is 0 Å². The second kappa shape index (κ2) is 5.94. The van der Waals surface area contributed by atoms with Crippen LogP contribution in [-0.2, 0) is 0 Å². The van der Waals surface area contributed by atoms with Gasteiger partial charge in [-0.2, -0.15) is 0 Å². The quantitative estimate of drug-likeness (QED) is 0.453. The number of nitrogens with zero attached hydrogens (tertiary/aromatic N) is 2. The van der Waals surface area contributed by atoms with Crippen molar-refractivity contribution in [2.75, 3.05) is 20.0 Å². The number of hydrogen-bond donors (Lipinski definition) is 1. The van der Waals surface area contributed by atoms with Gasteiger partial charge in [-0.3, -0.25) is 4.98 Å². The third kappa shape index (κ3) is 2.32. The molecule has 0 radical (unpaired) electrons. The SMILES string of the molecule is COc1c(-c2ccccc2)nc2c(c(N)cc3cccnc32)c1OC. The number of anilines is 1. The highest BCUT2D eigenvalue weighted by atomic mass is 16.5. The average molecular weight is 331 g/mol. The van der Waals surface area contributed by atoms with E-state index < -0.39 is 0 Å². The predicted octanol–water partition coefficient (Wildman–Crippen LogP) is 4.05. The Balaban J connectivity index is 2.22. The Labute approximate surface area is 145 Å². The molecule has 0 aliphatic rings. The first-order valence-electron chi connectivity index (χ1n) is 7.89. The molecule has 0 saturated heterocycles. The standard InChI is InChI=1S/C20H17N3O2/c1-24-19-15-14(21)11-13-9-6-10-22-16(13)18(15)23-17(20(19)25-2)12-7-4-3-5-8-12/h3-11H,21H2,1-2H3. The monoisotopic (exact) mass is 331 g/mol. The van der Waals surface area contributed by atoms with Crippen molar-refractivity contribution in [3.05, 3.63) is 54.7 Å². The number of methoxy groups -OCH3 is 2. The summed E-state index contributed by atoms with van der Waals surface area (Å²) in [5, 5.41) is 1.65. The van der Waals surface area contributed by atoms with Crippen LogP contribution in [-0.4, -0.2) is 24.2 Å². The first-order chi connectivity index (χ1) is 12.2. The molecule has 5 nitrogen and oxygen atoms in total. The number of rotatable bonds is 3. The maximum Gasteiger partial charge on any atom is 0.187 e. The zero-order valence-corrected chi connectivity index (χ0v) is 14.0. The summed E-state index contributed by atoms with van der Waals surface area (Å²) >= 11 is 0. The van der Waals surface area contributed by atoms with Gasteiger partial charge < -0.3 is 15.2 Å². The maximum atomic E-state index is 6.31. The largest absolute Gasteiger partial charge is 0.492 e. The minimum Gasteiger partial charge on any atom is -0.492 e. The summed E-state index contributed by atoms with van der Waals surface area (Å²) in [7, 11) is 3.21. The second-order valence-corrected chi connectivity index (χ2v) is 5.66. The molecule has 0 fully saturated rings. The van der Waals surface area contributed by atoms with Crippen LogP contribution < -0.4 is 15.2 Å². The van der Waals surface area contributed by atoms with Crippen LogP contribution in [0.1, 0.15) is 0 Å². The van der Waals surface area contributed by atoms with Crippen LogP contribution in [0.15, 0.2) is 54.7 Å².